The number of anilines is 1. The number of allylic oxidation sites excluding steroid dienone is 2. The maximum Gasteiger partial charge on any atom is 0.254 e. The fraction of sp³-hybridized carbons (Fsp3) is 0.172. The van der Waals surface area contributed by atoms with Gasteiger partial charge < -0.3 is 15.3 Å². The Labute approximate surface area is 227 Å². The zero-order chi connectivity index (χ0) is 26.3. The number of carbonyl (C=O) groups is 1. The van der Waals surface area contributed by atoms with Crippen LogP contribution >= 0.6 is 27.7 Å². The fourth-order valence-electron chi connectivity index (χ4n) is 4.95. The Kier molecular flexibility index (Phi) is 6.71. The van der Waals surface area contributed by atoms with Gasteiger partial charge in [0, 0.05) is 27.0 Å². The van der Waals surface area contributed by atoms with Crippen LogP contribution in [0, 0.1) is 24.1 Å². The molecule has 0 bridgehead atoms. The molecule has 2 heterocycles. The number of para-hydroxylation sites is 1. The number of nitrogens with one attached hydrogen (secondary N) is 1. The summed E-state index contributed by atoms with van der Waals surface area (Å²) in [4.78, 5) is 15.6. The van der Waals surface area contributed by atoms with Crippen LogP contribution < -0.4 is 5.32 Å². The predicted octanol–water partition coefficient (Wildman–Crippen LogP) is 6.54. The van der Waals surface area contributed by atoms with Crippen molar-refractivity contribution in [2.45, 2.75) is 25.5 Å². The van der Waals surface area contributed by atoms with Crippen molar-refractivity contribution >= 4 is 39.3 Å². The van der Waals surface area contributed by atoms with Crippen LogP contribution in [0.25, 0.3) is 0 Å². The maximum atomic E-state index is 14.3. The number of fused-ring (bicyclic) bond motifs is 1. The summed E-state index contributed by atoms with van der Waals surface area (Å²) in [6.07, 6.45) is 0. The van der Waals surface area contributed by atoms with E-state index >= 15 is 0 Å². The number of thioether (sulfide) groups is 1. The van der Waals surface area contributed by atoms with Crippen LogP contribution in [0.3, 0.4) is 0 Å². The van der Waals surface area contributed by atoms with Crippen molar-refractivity contribution < 1.29 is 14.3 Å². The predicted molar refractivity (Wildman–Crippen MR) is 147 cm³/mol. The van der Waals surface area contributed by atoms with Crippen LogP contribution in [0.5, 0.6) is 0 Å². The van der Waals surface area contributed by atoms with Crippen molar-refractivity contribution in [3.63, 3.8) is 0 Å². The van der Waals surface area contributed by atoms with E-state index in [0.717, 1.165) is 10.0 Å². The molecular formula is C29H23BrFN3O2S. The number of nitrogens with zero attached hydrogens (tertiary/aromatic N) is 2. The molecule has 1 saturated heterocycles. The maximum absolute atomic E-state index is 14.3. The molecular weight excluding hydrogens is 553 g/mol. The van der Waals surface area contributed by atoms with Crippen LogP contribution in [-0.4, -0.2) is 21.7 Å². The Morgan fingerprint density at radius 2 is 1.89 bits per heavy atom. The van der Waals surface area contributed by atoms with Gasteiger partial charge in [-0.1, -0.05) is 58.4 Å². The van der Waals surface area contributed by atoms with E-state index in [1.807, 2.05) is 49.4 Å². The molecule has 5 nitrogen and oxygen atoms in total. The van der Waals surface area contributed by atoms with Gasteiger partial charge in [-0.3, -0.25) is 4.79 Å². The summed E-state index contributed by atoms with van der Waals surface area (Å²) in [5, 5.41) is 25.9. The first-order chi connectivity index (χ1) is 17.7. The molecule has 0 spiro atoms. The van der Waals surface area contributed by atoms with Crippen molar-refractivity contribution in [2.24, 2.45) is 0 Å². The number of amides is 1. The summed E-state index contributed by atoms with van der Waals surface area (Å²) in [6.45, 7) is 3.66. The molecule has 3 aromatic carbocycles. The number of carbonyl (C=O) groups excluding carboxylic acids is 1. The minimum Gasteiger partial charge on any atom is -0.366 e. The van der Waals surface area contributed by atoms with Gasteiger partial charge in [-0.15, -0.1) is 11.8 Å². The van der Waals surface area contributed by atoms with Gasteiger partial charge in [0.05, 0.1) is 28.3 Å². The average molecular weight is 576 g/mol. The van der Waals surface area contributed by atoms with Gasteiger partial charge in [-0.2, -0.15) is 5.26 Å². The number of rotatable bonds is 4. The van der Waals surface area contributed by atoms with Crippen LogP contribution in [0.4, 0.5) is 10.1 Å². The molecule has 5 rings (SSSR count). The summed E-state index contributed by atoms with van der Waals surface area (Å²) in [6, 6.07) is 23.0. The van der Waals surface area contributed by atoms with Crippen LogP contribution in [-0.2, 0) is 10.5 Å². The molecule has 37 heavy (non-hydrogen) atoms. The Bertz CT molecular complexity index is 1510. The highest BCUT2D eigenvalue weighted by Crippen LogP contribution is 2.55. The van der Waals surface area contributed by atoms with E-state index < -0.39 is 23.4 Å². The summed E-state index contributed by atoms with van der Waals surface area (Å²) < 4.78 is 15.2. The van der Waals surface area contributed by atoms with Crippen LogP contribution in [0.1, 0.15) is 29.5 Å². The highest BCUT2D eigenvalue weighted by Gasteiger charge is 2.51. The highest BCUT2D eigenvalue weighted by atomic mass is 79.9. The Balaban J connectivity index is 1.71. The molecule has 0 aromatic heterocycles. The normalized spacial score (nSPS) is 21.1. The number of nitriles is 1. The Hall–Kier alpha value is -3.38. The van der Waals surface area contributed by atoms with Crippen molar-refractivity contribution in [2.75, 3.05) is 11.1 Å². The average Bonchev–Trinajstić information content (AvgIpc) is 3.24. The quantitative estimate of drug-likeness (QED) is 0.369. The summed E-state index contributed by atoms with van der Waals surface area (Å²) in [5.41, 5.74) is 2.26. The molecule has 2 aliphatic rings. The minimum absolute atomic E-state index is 0.259. The van der Waals surface area contributed by atoms with Gasteiger partial charge in [0.1, 0.15) is 5.82 Å². The molecule has 2 unspecified atom stereocenters. The molecule has 1 fully saturated rings. The zero-order valence-electron chi connectivity index (χ0n) is 20.1. The largest absolute Gasteiger partial charge is 0.366 e. The lowest BCUT2D eigenvalue weighted by molar-refractivity contribution is -0.113. The van der Waals surface area contributed by atoms with Crippen molar-refractivity contribution in [3.8, 4) is 6.07 Å². The Morgan fingerprint density at radius 1 is 1.16 bits per heavy atom. The number of benzene rings is 3. The first-order valence-corrected chi connectivity index (χ1v) is 13.4. The van der Waals surface area contributed by atoms with Crippen molar-refractivity contribution in [1.82, 2.24) is 4.90 Å². The lowest BCUT2D eigenvalue weighted by Crippen LogP contribution is -2.44. The molecule has 2 aliphatic heterocycles. The molecule has 0 radical (unpaired) electrons. The van der Waals surface area contributed by atoms with Gasteiger partial charge in [-0.05, 0) is 55.3 Å². The van der Waals surface area contributed by atoms with Crippen molar-refractivity contribution in [1.29, 1.82) is 5.26 Å². The van der Waals surface area contributed by atoms with Gasteiger partial charge >= 0.3 is 0 Å². The molecule has 186 valence electrons. The first-order valence-electron chi connectivity index (χ1n) is 11.6. The van der Waals surface area contributed by atoms with Gasteiger partial charge in [0.2, 0.25) is 0 Å². The number of aryl methyl sites for hydroxylation is 1. The summed E-state index contributed by atoms with van der Waals surface area (Å²) in [7, 11) is 0. The van der Waals surface area contributed by atoms with Gasteiger partial charge in [0.25, 0.3) is 5.91 Å². The van der Waals surface area contributed by atoms with Crippen LogP contribution in [0.2, 0.25) is 0 Å². The zero-order valence-corrected chi connectivity index (χ0v) is 22.5. The second-order valence-corrected chi connectivity index (χ2v) is 10.9. The number of hydrogen-bond donors (Lipinski definition) is 2. The van der Waals surface area contributed by atoms with E-state index in [4.69, 9.17) is 0 Å². The Morgan fingerprint density at radius 3 is 2.57 bits per heavy atom. The molecule has 2 N–H and O–H groups in total. The number of aliphatic hydroxyl groups is 1. The SMILES string of the molecule is CC1=C(C(=O)Nc2ccccc2C)C(c2cccc(F)c2)C(C#N)=C2SCC(O)(c3ccc(Br)cc3)N12. The molecule has 1 amide bonds. The van der Waals surface area contributed by atoms with Crippen molar-refractivity contribution in [3.05, 3.63) is 122 Å². The van der Waals surface area contributed by atoms with E-state index in [-0.39, 0.29) is 11.3 Å². The van der Waals surface area contributed by atoms with E-state index in [1.54, 1.807) is 30.0 Å². The lowest BCUT2D eigenvalue weighted by atomic mass is 9.80. The monoisotopic (exact) mass is 575 g/mol. The number of halogens is 2. The third kappa shape index (κ3) is 4.37. The van der Waals surface area contributed by atoms with E-state index in [2.05, 4.69) is 27.3 Å². The minimum atomic E-state index is -1.48. The summed E-state index contributed by atoms with van der Waals surface area (Å²) >= 11 is 4.79. The summed E-state index contributed by atoms with van der Waals surface area (Å²) in [5.74, 6) is -1.41. The molecule has 2 atom stereocenters. The molecule has 0 aliphatic carbocycles. The van der Waals surface area contributed by atoms with Gasteiger partial charge in [-0.25, -0.2) is 4.39 Å². The molecule has 0 saturated carbocycles. The highest BCUT2D eigenvalue weighted by molar-refractivity contribution is 9.10. The third-order valence-corrected chi connectivity index (χ3v) is 8.51. The lowest BCUT2D eigenvalue weighted by Gasteiger charge is -2.41. The van der Waals surface area contributed by atoms with Crippen LogP contribution in [0.15, 0.2) is 99.1 Å². The topological polar surface area (TPSA) is 76.4 Å². The smallest absolute Gasteiger partial charge is 0.254 e. The second kappa shape index (κ2) is 9.82. The second-order valence-electron chi connectivity index (χ2n) is 9.03. The third-order valence-electron chi connectivity index (χ3n) is 6.76. The van der Waals surface area contributed by atoms with E-state index in [1.165, 1.54) is 23.9 Å². The molecule has 8 heteroatoms. The van der Waals surface area contributed by atoms with E-state index in [0.29, 0.717) is 33.1 Å². The first kappa shape index (κ1) is 25.3. The standard InChI is InChI=1S/C29H23BrFN3O2S/c1-17-6-3-4-9-24(17)33-27(35)25-18(2)34-28(23(15-32)26(25)19-7-5-8-22(31)14-19)37-16-29(34,36)20-10-12-21(30)13-11-20/h3-14,26,36H,16H2,1-2H3,(H,33,35). The fourth-order valence-corrected chi connectivity index (χ4v) is 6.58. The number of hydrogen-bond acceptors (Lipinski definition) is 5. The molecule has 3 aromatic rings. The van der Waals surface area contributed by atoms with E-state index in [9.17, 15) is 19.6 Å². The van der Waals surface area contributed by atoms with Gasteiger partial charge in [0.15, 0.2) is 5.72 Å².